The Hall–Kier alpha value is -0.500. The van der Waals surface area contributed by atoms with Crippen LogP contribution in [0.15, 0.2) is 17.3 Å². The van der Waals surface area contributed by atoms with Crippen LogP contribution in [0.3, 0.4) is 0 Å². The summed E-state index contributed by atoms with van der Waals surface area (Å²) in [6.45, 7) is 11.9. The zero-order valence-corrected chi connectivity index (χ0v) is 9.87. The maximum atomic E-state index is 6.38. The van der Waals surface area contributed by atoms with Crippen molar-refractivity contribution < 1.29 is 0 Å². The van der Waals surface area contributed by atoms with Crippen LogP contribution in [0.1, 0.15) is 27.7 Å². The Morgan fingerprint density at radius 3 is 2.23 bits per heavy atom. The second-order valence-corrected chi connectivity index (χ2v) is 4.48. The number of rotatable bonds is 4. The summed E-state index contributed by atoms with van der Waals surface area (Å²) in [5.41, 5.74) is 4.48. The van der Waals surface area contributed by atoms with Crippen molar-refractivity contribution in [1.29, 1.82) is 0 Å². The standard InChI is InChI=1S/C10H19ClN2/c1-7(2)9(13-12-6)10(5,11)8(3)4/h8,12H,1H2,2-6H3/b13-9-. The van der Waals surface area contributed by atoms with Crippen LogP contribution in [0.5, 0.6) is 0 Å². The van der Waals surface area contributed by atoms with Gasteiger partial charge in [-0.3, -0.25) is 0 Å². The number of hydrazone groups is 1. The van der Waals surface area contributed by atoms with Gasteiger partial charge in [0.1, 0.15) is 0 Å². The summed E-state index contributed by atoms with van der Waals surface area (Å²) in [7, 11) is 1.76. The van der Waals surface area contributed by atoms with Gasteiger partial charge in [-0.1, -0.05) is 20.4 Å². The third-order valence-electron chi connectivity index (χ3n) is 2.18. The molecule has 0 saturated carbocycles. The first-order chi connectivity index (χ1) is 5.84. The van der Waals surface area contributed by atoms with Crippen molar-refractivity contribution in [2.45, 2.75) is 32.6 Å². The molecule has 0 saturated heterocycles. The van der Waals surface area contributed by atoms with Gasteiger partial charge in [0.15, 0.2) is 0 Å². The van der Waals surface area contributed by atoms with E-state index in [1.807, 2.05) is 13.8 Å². The number of allylic oxidation sites excluding steroid dienone is 1. The minimum atomic E-state index is -0.450. The highest BCUT2D eigenvalue weighted by molar-refractivity contribution is 6.38. The molecule has 76 valence electrons. The minimum Gasteiger partial charge on any atom is -0.313 e. The van der Waals surface area contributed by atoms with Crippen molar-refractivity contribution in [1.82, 2.24) is 5.43 Å². The molecule has 13 heavy (non-hydrogen) atoms. The maximum Gasteiger partial charge on any atom is 0.0880 e. The molecule has 3 heteroatoms. The molecule has 0 aliphatic carbocycles. The van der Waals surface area contributed by atoms with Gasteiger partial charge in [-0.25, -0.2) is 0 Å². The molecule has 0 aromatic carbocycles. The van der Waals surface area contributed by atoms with Crippen molar-refractivity contribution in [2.75, 3.05) is 7.05 Å². The summed E-state index contributed by atoms with van der Waals surface area (Å²) < 4.78 is 0. The first kappa shape index (κ1) is 12.5. The van der Waals surface area contributed by atoms with Crippen molar-refractivity contribution in [3.63, 3.8) is 0 Å². The third kappa shape index (κ3) is 3.03. The highest BCUT2D eigenvalue weighted by Gasteiger charge is 2.32. The largest absolute Gasteiger partial charge is 0.313 e. The lowest BCUT2D eigenvalue weighted by atomic mass is 9.89. The molecule has 1 atom stereocenters. The zero-order chi connectivity index (χ0) is 10.6. The van der Waals surface area contributed by atoms with E-state index in [1.165, 1.54) is 0 Å². The molecule has 0 heterocycles. The fourth-order valence-corrected chi connectivity index (χ4v) is 1.21. The highest BCUT2D eigenvalue weighted by Crippen LogP contribution is 2.28. The SMILES string of the molecule is C=C(C)/C(=N/NC)C(C)(Cl)C(C)C. The van der Waals surface area contributed by atoms with E-state index in [-0.39, 0.29) is 0 Å². The van der Waals surface area contributed by atoms with Gasteiger partial charge in [-0.15, -0.1) is 11.6 Å². The average molecular weight is 203 g/mol. The van der Waals surface area contributed by atoms with Gasteiger partial charge in [0.05, 0.1) is 10.6 Å². The molecule has 0 spiro atoms. The topological polar surface area (TPSA) is 24.4 Å². The average Bonchev–Trinajstić information content (AvgIpc) is 1.98. The Bertz CT molecular complexity index is 217. The van der Waals surface area contributed by atoms with Gasteiger partial charge in [0, 0.05) is 7.05 Å². The normalized spacial score (nSPS) is 17.0. The molecule has 1 unspecified atom stereocenters. The molecule has 0 fully saturated rings. The van der Waals surface area contributed by atoms with E-state index in [4.69, 9.17) is 11.6 Å². The van der Waals surface area contributed by atoms with Crippen molar-refractivity contribution >= 4 is 17.3 Å². The lowest BCUT2D eigenvalue weighted by Gasteiger charge is -2.28. The Labute approximate surface area is 86.1 Å². The molecular formula is C10H19ClN2. The van der Waals surface area contributed by atoms with Crippen LogP contribution in [-0.4, -0.2) is 17.6 Å². The Morgan fingerprint density at radius 2 is 2.00 bits per heavy atom. The molecule has 1 N–H and O–H groups in total. The molecule has 0 rings (SSSR count). The predicted octanol–water partition coefficient (Wildman–Crippen LogP) is 2.79. The molecule has 0 amide bonds. The van der Waals surface area contributed by atoms with E-state index in [0.29, 0.717) is 5.92 Å². The highest BCUT2D eigenvalue weighted by atomic mass is 35.5. The molecule has 0 aliphatic heterocycles. The maximum absolute atomic E-state index is 6.38. The molecule has 0 aromatic rings. The minimum absolute atomic E-state index is 0.318. The number of alkyl halides is 1. The first-order valence-corrected chi connectivity index (χ1v) is 4.81. The van der Waals surface area contributed by atoms with Crippen LogP contribution in [0.2, 0.25) is 0 Å². The van der Waals surface area contributed by atoms with E-state index in [0.717, 1.165) is 11.3 Å². The second kappa shape index (κ2) is 4.66. The van der Waals surface area contributed by atoms with Crippen LogP contribution in [0.25, 0.3) is 0 Å². The van der Waals surface area contributed by atoms with Gasteiger partial charge in [0.25, 0.3) is 0 Å². The van der Waals surface area contributed by atoms with Crippen LogP contribution in [0, 0.1) is 5.92 Å². The van der Waals surface area contributed by atoms with Crippen LogP contribution in [0.4, 0.5) is 0 Å². The zero-order valence-electron chi connectivity index (χ0n) is 9.11. The number of hydrogen-bond acceptors (Lipinski definition) is 2. The van der Waals surface area contributed by atoms with Gasteiger partial charge in [-0.2, -0.15) is 5.10 Å². The van der Waals surface area contributed by atoms with Crippen molar-refractivity contribution in [3.05, 3.63) is 12.2 Å². The van der Waals surface area contributed by atoms with Crippen molar-refractivity contribution in [3.8, 4) is 0 Å². The smallest absolute Gasteiger partial charge is 0.0880 e. The molecule has 2 nitrogen and oxygen atoms in total. The van der Waals surface area contributed by atoms with Crippen LogP contribution < -0.4 is 5.43 Å². The second-order valence-electron chi connectivity index (χ2n) is 3.69. The number of hydrogen-bond donors (Lipinski definition) is 1. The van der Waals surface area contributed by atoms with Crippen LogP contribution in [-0.2, 0) is 0 Å². The monoisotopic (exact) mass is 202 g/mol. The van der Waals surface area contributed by atoms with Gasteiger partial charge in [0.2, 0.25) is 0 Å². The Kier molecular flexibility index (Phi) is 4.48. The third-order valence-corrected chi connectivity index (χ3v) is 2.79. The predicted molar refractivity (Wildman–Crippen MR) is 60.4 cm³/mol. The Balaban J connectivity index is 4.95. The number of nitrogens with zero attached hydrogens (tertiary/aromatic N) is 1. The fraction of sp³-hybridized carbons (Fsp3) is 0.700. The lowest BCUT2D eigenvalue weighted by molar-refractivity contribution is 0.560. The quantitative estimate of drug-likeness (QED) is 0.423. The van der Waals surface area contributed by atoms with E-state index in [9.17, 15) is 0 Å². The molecule has 0 aliphatic rings. The van der Waals surface area contributed by atoms with Crippen LogP contribution >= 0.6 is 11.6 Å². The van der Waals surface area contributed by atoms with Gasteiger partial charge >= 0.3 is 0 Å². The lowest BCUT2D eigenvalue weighted by Crippen LogP contribution is -2.36. The summed E-state index contributed by atoms with van der Waals surface area (Å²) in [5, 5.41) is 4.15. The van der Waals surface area contributed by atoms with Gasteiger partial charge < -0.3 is 5.43 Å². The molecule has 0 aromatic heterocycles. The summed E-state index contributed by atoms with van der Waals surface area (Å²) in [6, 6.07) is 0. The number of nitrogens with one attached hydrogen (secondary N) is 1. The molecule has 0 bridgehead atoms. The van der Waals surface area contributed by atoms with Gasteiger partial charge in [-0.05, 0) is 25.3 Å². The van der Waals surface area contributed by atoms with E-state index >= 15 is 0 Å². The molecule has 0 radical (unpaired) electrons. The molecular weight excluding hydrogens is 184 g/mol. The van der Waals surface area contributed by atoms with E-state index < -0.39 is 4.87 Å². The summed E-state index contributed by atoms with van der Waals surface area (Å²) in [4.78, 5) is -0.450. The Morgan fingerprint density at radius 1 is 1.54 bits per heavy atom. The summed E-state index contributed by atoms with van der Waals surface area (Å²) >= 11 is 6.38. The fourth-order valence-electron chi connectivity index (χ4n) is 1.01. The van der Waals surface area contributed by atoms with Crippen molar-refractivity contribution in [2.24, 2.45) is 11.0 Å². The van der Waals surface area contributed by atoms with E-state index in [2.05, 4.69) is 31.0 Å². The number of halogens is 1. The summed E-state index contributed by atoms with van der Waals surface area (Å²) in [5.74, 6) is 0.318. The first-order valence-electron chi connectivity index (χ1n) is 4.43. The summed E-state index contributed by atoms with van der Waals surface area (Å²) in [6.07, 6.45) is 0. The van der Waals surface area contributed by atoms with E-state index in [1.54, 1.807) is 7.05 Å².